The van der Waals surface area contributed by atoms with Crippen molar-refractivity contribution >= 4 is 16.9 Å². The van der Waals surface area contributed by atoms with Crippen LogP contribution in [0.4, 0.5) is 0 Å². The van der Waals surface area contributed by atoms with E-state index in [-0.39, 0.29) is 12.4 Å². The van der Waals surface area contributed by atoms with E-state index in [0.717, 1.165) is 16.8 Å². The summed E-state index contributed by atoms with van der Waals surface area (Å²) in [4.78, 5) is 19.3. The number of aromatic nitrogens is 4. The van der Waals surface area contributed by atoms with Gasteiger partial charge in [0.05, 0.1) is 24.2 Å². The van der Waals surface area contributed by atoms with Crippen molar-refractivity contribution in [3.8, 4) is 16.9 Å². The lowest BCUT2D eigenvalue weighted by atomic mass is 9.96. The van der Waals surface area contributed by atoms with Crippen molar-refractivity contribution in [2.45, 2.75) is 20.0 Å². The Morgan fingerprint density at radius 1 is 1.25 bits per heavy atom. The van der Waals surface area contributed by atoms with E-state index in [1.807, 2.05) is 61.1 Å². The summed E-state index contributed by atoms with van der Waals surface area (Å²) in [6.07, 6.45) is 6.93. The largest absolute Gasteiger partial charge is 0.507 e. The Morgan fingerprint density at radius 3 is 2.69 bits per heavy atom. The minimum atomic E-state index is -0.398. The van der Waals surface area contributed by atoms with E-state index < -0.39 is 5.97 Å². The molecular formula is C24H27N5O3. The molecule has 1 aromatic carbocycles. The van der Waals surface area contributed by atoms with Gasteiger partial charge in [0, 0.05) is 66.2 Å². The van der Waals surface area contributed by atoms with Crippen LogP contribution in [0.5, 0.6) is 5.75 Å². The summed E-state index contributed by atoms with van der Waals surface area (Å²) in [5, 5.41) is 16.4. The number of hydrogen-bond acceptors (Lipinski definition) is 6. The first kappa shape index (κ1) is 21.6. The van der Waals surface area contributed by atoms with Crippen molar-refractivity contribution in [2.75, 3.05) is 20.7 Å². The number of benzene rings is 1. The van der Waals surface area contributed by atoms with Crippen LogP contribution in [0.25, 0.3) is 22.0 Å². The van der Waals surface area contributed by atoms with E-state index in [0.29, 0.717) is 35.2 Å². The summed E-state index contributed by atoms with van der Waals surface area (Å²) in [5.41, 5.74) is 4.21. The molecule has 0 spiro atoms. The van der Waals surface area contributed by atoms with Crippen molar-refractivity contribution in [2.24, 2.45) is 7.05 Å². The zero-order valence-corrected chi connectivity index (χ0v) is 18.7. The van der Waals surface area contributed by atoms with E-state index >= 15 is 0 Å². The molecule has 8 heteroatoms. The van der Waals surface area contributed by atoms with Crippen LogP contribution in [0.2, 0.25) is 0 Å². The highest BCUT2D eigenvalue weighted by molar-refractivity contribution is 6.09. The molecule has 4 aromatic rings. The lowest BCUT2D eigenvalue weighted by molar-refractivity contribution is 0.0526. The zero-order valence-electron chi connectivity index (χ0n) is 18.7. The Kier molecular flexibility index (Phi) is 5.96. The van der Waals surface area contributed by atoms with Crippen molar-refractivity contribution in [3.05, 3.63) is 65.9 Å². The first-order valence-electron chi connectivity index (χ1n) is 10.5. The van der Waals surface area contributed by atoms with Crippen LogP contribution in [0.1, 0.15) is 28.5 Å². The number of carbonyl (C=O) groups is 1. The first-order chi connectivity index (χ1) is 15.4. The molecule has 1 N–H and O–H groups in total. The van der Waals surface area contributed by atoms with Crippen molar-refractivity contribution < 1.29 is 14.6 Å². The molecule has 0 atom stereocenters. The summed E-state index contributed by atoms with van der Waals surface area (Å²) >= 11 is 0. The van der Waals surface area contributed by atoms with Crippen LogP contribution in [0.15, 0.2) is 49.1 Å². The molecule has 0 radical (unpaired) electrons. The second-order valence-corrected chi connectivity index (χ2v) is 7.93. The molecule has 0 fully saturated rings. The van der Waals surface area contributed by atoms with Gasteiger partial charge in [0.15, 0.2) is 0 Å². The van der Waals surface area contributed by atoms with Crippen LogP contribution in [0, 0.1) is 0 Å². The summed E-state index contributed by atoms with van der Waals surface area (Å²) in [6.45, 7) is 2.91. The minimum absolute atomic E-state index is 0.105. The third-order valence-electron chi connectivity index (χ3n) is 5.48. The topological polar surface area (TPSA) is 85.4 Å². The van der Waals surface area contributed by atoms with Gasteiger partial charge in [-0.05, 0) is 39.2 Å². The molecule has 0 aliphatic rings. The molecule has 3 aromatic heterocycles. The average molecular weight is 434 g/mol. The number of aromatic hydroxyl groups is 1. The second-order valence-electron chi connectivity index (χ2n) is 7.93. The number of fused-ring (bicyclic) bond motifs is 1. The van der Waals surface area contributed by atoms with Crippen LogP contribution in [-0.2, 0) is 24.9 Å². The van der Waals surface area contributed by atoms with Crippen LogP contribution >= 0.6 is 0 Å². The normalized spacial score (nSPS) is 11.4. The first-order valence-corrected chi connectivity index (χ1v) is 10.5. The number of phenols is 1. The highest BCUT2D eigenvalue weighted by Gasteiger charge is 2.28. The van der Waals surface area contributed by atoms with Gasteiger partial charge in [-0.3, -0.25) is 9.67 Å². The van der Waals surface area contributed by atoms with E-state index in [2.05, 4.69) is 10.1 Å². The predicted octanol–water partition coefficient (Wildman–Crippen LogP) is 3.43. The number of nitrogens with zero attached hydrogens (tertiary/aromatic N) is 5. The van der Waals surface area contributed by atoms with Gasteiger partial charge < -0.3 is 19.3 Å². The van der Waals surface area contributed by atoms with Gasteiger partial charge in [0.1, 0.15) is 5.75 Å². The third-order valence-corrected chi connectivity index (χ3v) is 5.48. The summed E-state index contributed by atoms with van der Waals surface area (Å²) in [5.74, 6) is -0.293. The molecule has 0 bridgehead atoms. The number of esters is 1. The number of phenolic OH excluding ortho intramolecular Hbond substituents is 1. The fourth-order valence-electron chi connectivity index (χ4n) is 4.07. The van der Waals surface area contributed by atoms with E-state index in [9.17, 15) is 9.90 Å². The van der Waals surface area contributed by atoms with Crippen LogP contribution in [-0.4, -0.2) is 56.0 Å². The Hall–Kier alpha value is -3.65. The van der Waals surface area contributed by atoms with E-state index in [1.165, 1.54) is 0 Å². The predicted molar refractivity (Wildman–Crippen MR) is 122 cm³/mol. The number of rotatable bonds is 7. The minimum Gasteiger partial charge on any atom is -0.507 e. The molecule has 0 saturated carbocycles. The van der Waals surface area contributed by atoms with Gasteiger partial charge in [-0.25, -0.2) is 4.79 Å². The number of hydrogen-bond donors (Lipinski definition) is 1. The maximum atomic E-state index is 13.1. The average Bonchev–Trinajstić information content (AvgIpc) is 3.37. The van der Waals surface area contributed by atoms with Gasteiger partial charge in [0.25, 0.3) is 0 Å². The molecule has 0 aliphatic carbocycles. The summed E-state index contributed by atoms with van der Waals surface area (Å²) < 4.78 is 9.17. The highest BCUT2D eigenvalue weighted by Crippen LogP contribution is 2.41. The smallest absolute Gasteiger partial charge is 0.340 e. The molecule has 32 heavy (non-hydrogen) atoms. The van der Waals surface area contributed by atoms with Gasteiger partial charge in [-0.1, -0.05) is 6.07 Å². The fourth-order valence-corrected chi connectivity index (χ4v) is 4.07. The standard InChI is InChI=1S/C24H27N5O3/c1-5-32-24(31)22-20(15-27(2)3)28(4)19-12-17(16-8-6-9-25-13-16)23(30)18(21(19)22)14-29-11-7-10-26-29/h6-13,30H,5,14-15H2,1-4H3. The lowest BCUT2D eigenvalue weighted by Crippen LogP contribution is -2.17. The Morgan fingerprint density at radius 2 is 2.06 bits per heavy atom. The maximum absolute atomic E-state index is 13.1. The summed E-state index contributed by atoms with van der Waals surface area (Å²) in [6, 6.07) is 7.48. The van der Waals surface area contributed by atoms with Gasteiger partial charge in [-0.2, -0.15) is 5.10 Å². The Labute approximate surface area is 186 Å². The summed E-state index contributed by atoms with van der Waals surface area (Å²) in [7, 11) is 5.84. The van der Waals surface area contributed by atoms with Crippen LogP contribution in [0.3, 0.4) is 0 Å². The Balaban J connectivity index is 2.09. The Bertz CT molecular complexity index is 1240. The lowest BCUT2D eigenvalue weighted by Gasteiger charge is -2.14. The number of carbonyl (C=O) groups excluding carboxylic acids is 1. The van der Waals surface area contributed by atoms with Crippen molar-refractivity contribution in [3.63, 3.8) is 0 Å². The second kappa shape index (κ2) is 8.84. The number of ether oxygens (including phenoxy) is 1. The molecule has 0 unspecified atom stereocenters. The van der Waals surface area contributed by atoms with E-state index in [1.54, 1.807) is 30.2 Å². The van der Waals surface area contributed by atoms with Crippen LogP contribution < -0.4 is 0 Å². The fraction of sp³-hybridized carbons (Fsp3) is 0.292. The third kappa shape index (κ3) is 3.85. The molecule has 8 nitrogen and oxygen atoms in total. The monoisotopic (exact) mass is 433 g/mol. The van der Waals surface area contributed by atoms with E-state index in [4.69, 9.17) is 4.74 Å². The maximum Gasteiger partial charge on any atom is 0.340 e. The number of pyridine rings is 1. The van der Waals surface area contributed by atoms with Gasteiger partial charge >= 0.3 is 5.97 Å². The molecule has 166 valence electrons. The molecule has 3 heterocycles. The van der Waals surface area contributed by atoms with Gasteiger partial charge in [0.2, 0.25) is 0 Å². The van der Waals surface area contributed by atoms with Gasteiger partial charge in [-0.15, -0.1) is 0 Å². The molecule has 0 aliphatic heterocycles. The van der Waals surface area contributed by atoms with Crippen molar-refractivity contribution in [1.82, 2.24) is 24.2 Å². The molecular weight excluding hydrogens is 406 g/mol. The number of aryl methyl sites for hydroxylation is 1. The SMILES string of the molecule is CCOC(=O)c1c(CN(C)C)n(C)c2cc(-c3cccnc3)c(O)c(Cn3cccn3)c12. The van der Waals surface area contributed by atoms with Crippen molar-refractivity contribution in [1.29, 1.82) is 0 Å². The molecule has 4 rings (SSSR count). The quantitative estimate of drug-likeness (QED) is 0.450. The zero-order chi connectivity index (χ0) is 22.8. The molecule has 0 amide bonds. The molecule has 0 saturated heterocycles. The highest BCUT2D eigenvalue weighted by atomic mass is 16.5.